The summed E-state index contributed by atoms with van der Waals surface area (Å²) in [4.78, 5) is 8.99. The van der Waals surface area contributed by atoms with Crippen molar-refractivity contribution in [3.8, 4) is 0 Å². The van der Waals surface area contributed by atoms with Crippen molar-refractivity contribution in [3.05, 3.63) is 21.9 Å². The Bertz CT molecular complexity index is 693. The summed E-state index contributed by atoms with van der Waals surface area (Å²) in [5, 5.41) is 3.37. The molecule has 148 valence electrons. The van der Waals surface area contributed by atoms with Crippen molar-refractivity contribution in [3.63, 3.8) is 0 Å². The van der Waals surface area contributed by atoms with Crippen molar-refractivity contribution >= 4 is 27.3 Å². The second kappa shape index (κ2) is 9.68. The highest BCUT2D eigenvalue weighted by Gasteiger charge is 2.27. The van der Waals surface area contributed by atoms with Crippen LogP contribution in [0.3, 0.4) is 0 Å². The minimum absolute atomic E-state index is 0.0376. The zero-order chi connectivity index (χ0) is 19.2. The van der Waals surface area contributed by atoms with Gasteiger partial charge in [-0.05, 0) is 32.9 Å². The van der Waals surface area contributed by atoms with Crippen LogP contribution >= 0.6 is 11.3 Å². The van der Waals surface area contributed by atoms with Crippen LogP contribution in [0.25, 0.3) is 0 Å². The molecular formula is C17H30N4O3S2. The van der Waals surface area contributed by atoms with Gasteiger partial charge in [-0.3, -0.25) is 4.99 Å². The van der Waals surface area contributed by atoms with Crippen LogP contribution < -0.4 is 5.32 Å². The molecule has 0 aliphatic carbocycles. The Balaban J connectivity index is 1.82. The maximum Gasteiger partial charge on any atom is 0.216 e. The summed E-state index contributed by atoms with van der Waals surface area (Å²) in [5.74, 6) is 0.854. The third kappa shape index (κ3) is 6.22. The monoisotopic (exact) mass is 402 g/mol. The number of hydrogen-bond acceptors (Lipinski definition) is 5. The van der Waals surface area contributed by atoms with Gasteiger partial charge in [-0.1, -0.05) is 0 Å². The highest BCUT2D eigenvalue weighted by atomic mass is 32.2. The summed E-state index contributed by atoms with van der Waals surface area (Å²) in [7, 11) is -1.51. The number of thiophene rings is 1. The average molecular weight is 403 g/mol. The first-order chi connectivity index (χ1) is 12.3. The van der Waals surface area contributed by atoms with Crippen molar-refractivity contribution in [2.24, 2.45) is 4.99 Å². The Morgan fingerprint density at radius 3 is 2.54 bits per heavy atom. The summed E-state index contributed by atoms with van der Waals surface area (Å²) >= 11 is 1.76. The lowest BCUT2D eigenvalue weighted by molar-refractivity contribution is 0.0904. The molecule has 7 nitrogen and oxygen atoms in total. The molecule has 1 N–H and O–H groups in total. The molecule has 0 bridgehead atoms. The quantitative estimate of drug-likeness (QED) is 0.553. The number of sulfonamides is 1. The first-order valence-electron chi connectivity index (χ1n) is 8.92. The van der Waals surface area contributed by atoms with Gasteiger partial charge in [-0.15, -0.1) is 11.3 Å². The molecule has 1 aromatic rings. The van der Waals surface area contributed by atoms with Gasteiger partial charge >= 0.3 is 0 Å². The maximum absolute atomic E-state index is 12.4. The Labute approximate surface area is 161 Å². The molecule has 0 atom stereocenters. The number of guanidine groups is 1. The molecule has 1 saturated heterocycles. The van der Waals surface area contributed by atoms with E-state index in [2.05, 4.69) is 34.3 Å². The number of piperazine rings is 1. The van der Waals surface area contributed by atoms with Gasteiger partial charge in [-0.2, -0.15) is 4.31 Å². The van der Waals surface area contributed by atoms with Gasteiger partial charge in [0.2, 0.25) is 10.0 Å². The van der Waals surface area contributed by atoms with E-state index in [1.807, 2.05) is 13.8 Å². The van der Waals surface area contributed by atoms with E-state index < -0.39 is 10.0 Å². The largest absolute Gasteiger partial charge is 0.378 e. The number of nitrogens with zero attached hydrogens (tertiary/aromatic N) is 3. The summed E-state index contributed by atoms with van der Waals surface area (Å²) in [6, 6.07) is 4.22. The van der Waals surface area contributed by atoms with E-state index in [4.69, 9.17) is 4.74 Å². The van der Waals surface area contributed by atoms with E-state index in [0.29, 0.717) is 26.2 Å². The Kier molecular flexibility index (Phi) is 7.87. The fourth-order valence-electron chi connectivity index (χ4n) is 2.77. The lowest BCUT2D eigenvalue weighted by Gasteiger charge is -2.35. The van der Waals surface area contributed by atoms with Crippen LogP contribution in [0.4, 0.5) is 0 Å². The van der Waals surface area contributed by atoms with Gasteiger partial charge in [-0.25, -0.2) is 8.42 Å². The fourth-order valence-corrected chi connectivity index (χ4v) is 4.89. The molecule has 26 heavy (non-hydrogen) atoms. The Morgan fingerprint density at radius 1 is 1.31 bits per heavy atom. The maximum atomic E-state index is 12.4. The summed E-state index contributed by atoms with van der Waals surface area (Å²) in [5.41, 5.74) is 0. The third-order valence-electron chi connectivity index (χ3n) is 4.15. The number of aryl methyl sites for hydroxylation is 1. The summed E-state index contributed by atoms with van der Waals surface area (Å²) in [6.07, 6.45) is 0.0450. The second-order valence-corrected chi connectivity index (χ2v) is 10.00. The summed E-state index contributed by atoms with van der Waals surface area (Å²) in [6.45, 7) is 9.09. The highest BCUT2D eigenvalue weighted by molar-refractivity contribution is 7.89. The van der Waals surface area contributed by atoms with Crippen LogP contribution in [0, 0.1) is 6.92 Å². The lowest BCUT2D eigenvalue weighted by Crippen LogP contribution is -2.54. The Hall–Kier alpha value is -1.16. The van der Waals surface area contributed by atoms with Crippen LogP contribution in [0.15, 0.2) is 17.1 Å². The van der Waals surface area contributed by atoms with E-state index in [0.717, 1.165) is 12.5 Å². The van der Waals surface area contributed by atoms with E-state index in [1.54, 1.807) is 22.7 Å². The smallest absolute Gasteiger partial charge is 0.216 e. The molecule has 0 unspecified atom stereocenters. The topological polar surface area (TPSA) is 74.2 Å². The molecule has 1 fully saturated rings. The van der Waals surface area contributed by atoms with Crippen molar-refractivity contribution in [1.82, 2.24) is 14.5 Å². The first-order valence-corrected chi connectivity index (χ1v) is 11.3. The van der Waals surface area contributed by atoms with Crippen molar-refractivity contribution in [2.75, 3.05) is 45.6 Å². The highest BCUT2D eigenvalue weighted by Crippen LogP contribution is 2.15. The lowest BCUT2D eigenvalue weighted by atomic mass is 10.4. The number of nitrogens with one attached hydrogen (secondary N) is 1. The predicted molar refractivity (Wildman–Crippen MR) is 107 cm³/mol. The molecule has 2 heterocycles. The van der Waals surface area contributed by atoms with Crippen molar-refractivity contribution in [2.45, 2.75) is 33.4 Å². The minimum Gasteiger partial charge on any atom is -0.378 e. The molecule has 1 aliphatic rings. The fraction of sp³-hybridized carbons (Fsp3) is 0.706. The van der Waals surface area contributed by atoms with Gasteiger partial charge in [0.05, 0.1) is 25.0 Å². The van der Waals surface area contributed by atoms with E-state index >= 15 is 0 Å². The normalized spacial score (nSPS) is 17.1. The number of rotatable bonds is 7. The average Bonchev–Trinajstić information content (AvgIpc) is 3.01. The standard InChI is InChI=1S/C17H30N4O3S2/c1-14(2)24-11-12-26(22,23)21-9-7-20(8-10-21)17(18-4)19-13-16-6-5-15(3)25-16/h5-6,14H,7-13H2,1-4H3,(H,18,19). The zero-order valence-electron chi connectivity index (χ0n) is 16.1. The van der Waals surface area contributed by atoms with Crippen LogP contribution in [0.2, 0.25) is 0 Å². The molecule has 2 rings (SSSR count). The molecule has 0 radical (unpaired) electrons. The van der Waals surface area contributed by atoms with E-state index in [-0.39, 0.29) is 18.5 Å². The zero-order valence-corrected chi connectivity index (χ0v) is 17.7. The van der Waals surface area contributed by atoms with Crippen LogP contribution in [-0.4, -0.2) is 75.3 Å². The first kappa shape index (κ1) is 21.1. The number of aliphatic imine (C=N–C) groups is 1. The molecular weight excluding hydrogens is 372 g/mol. The third-order valence-corrected chi connectivity index (χ3v) is 6.99. The molecule has 0 aromatic carbocycles. The van der Waals surface area contributed by atoms with Gasteiger partial charge in [0.1, 0.15) is 0 Å². The summed E-state index contributed by atoms with van der Waals surface area (Å²) < 4.78 is 31.8. The van der Waals surface area contributed by atoms with Crippen LogP contribution in [0.1, 0.15) is 23.6 Å². The molecule has 1 aliphatic heterocycles. The van der Waals surface area contributed by atoms with Crippen molar-refractivity contribution < 1.29 is 13.2 Å². The van der Waals surface area contributed by atoms with E-state index in [9.17, 15) is 8.42 Å². The van der Waals surface area contributed by atoms with Gasteiger partial charge in [0.25, 0.3) is 0 Å². The minimum atomic E-state index is -3.26. The SMILES string of the molecule is CN=C(NCc1ccc(C)s1)N1CCN(S(=O)(=O)CCOC(C)C)CC1. The second-order valence-electron chi connectivity index (χ2n) is 6.53. The van der Waals surface area contributed by atoms with Crippen molar-refractivity contribution in [1.29, 1.82) is 0 Å². The molecule has 1 aromatic heterocycles. The number of hydrogen-bond donors (Lipinski definition) is 1. The van der Waals surface area contributed by atoms with E-state index in [1.165, 1.54) is 9.75 Å². The van der Waals surface area contributed by atoms with Gasteiger partial charge in [0, 0.05) is 43.0 Å². The predicted octanol–water partition coefficient (Wildman–Crippen LogP) is 1.50. The molecule has 9 heteroatoms. The molecule has 0 amide bonds. The molecule has 0 saturated carbocycles. The van der Waals surface area contributed by atoms with Crippen LogP contribution in [-0.2, 0) is 21.3 Å². The van der Waals surface area contributed by atoms with Gasteiger partial charge in [0.15, 0.2) is 5.96 Å². The van der Waals surface area contributed by atoms with Crippen LogP contribution in [0.5, 0.6) is 0 Å². The molecule has 0 spiro atoms. The Morgan fingerprint density at radius 2 is 2.00 bits per heavy atom. The number of ether oxygens (including phenoxy) is 1. The van der Waals surface area contributed by atoms with Gasteiger partial charge < -0.3 is 15.0 Å².